The van der Waals surface area contributed by atoms with Crippen molar-refractivity contribution < 1.29 is 23.8 Å². The van der Waals surface area contributed by atoms with E-state index in [1.165, 1.54) is 5.56 Å². The quantitative estimate of drug-likeness (QED) is 0.289. The van der Waals surface area contributed by atoms with Crippen molar-refractivity contribution in [1.29, 1.82) is 0 Å². The average molecular weight is 506 g/mol. The van der Waals surface area contributed by atoms with Gasteiger partial charge >= 0.3 is 0 Å². The van der Waals surface area contributed by atoms with Crippen molar-refractivity contribution in [2.24, 2.45) is 0 Å². The van der Waals surface area contributed by atoms with Crippen molar-refractivity contribution in [2.45, 2.75) is 44.8 Å². The predicted octanol–water partition coefficient (Wildman–Crippen LogP) is 6.79. The first-order valence-electron chi connectivity index (χ1n) is 12.2. The Morgan fingerprint density at radius 1 is 0.889 bits per heavy atom. The number of benzene rings is 3. The monoisotopic (exact) mass is 505 g/mol. The van der Waals surface area contributed by atoms with Crippen molar-refractivity contribution in [3.8, 4) is 23.0 Å². The fraction of sp³-hybridized carbons (Fsp3) is 0.310. The van der Waals surface area contributed by atoms with Gasteiger partial charge in [0.15, 0.2) is 0 Å². The van der Waals surface area contributed by atoms with Gasteiger partial charge in [-0.1, -0.05) is 43.2 Å². The number of hydrogen-bond donors (Lipinski definition) is 1. The molecule has 1 heterocycles. The van der Waals surface area contributed by atoms with Gasteiger partial charge < -0.3 is 14.2 Å². The summed E-state index contributed by atoms with van der Waals surface area (Å²) in [7, 11) is 0. The molecule has 4 rings (SSSR count). The zero-order valence-corrected chi connectivity index (χ0v) is 21.7. The Hall–Kier alpha value is -3.45. The van der Waals surface area contributed by atoms with E-state index < -0.39 is 4.75 Å². The minimum Gasteiger partial charge on any atom is -0.493 e. The van der Waals surface area contributed by atoms with Crippen molar-refractivity contribution >= 4 is 22.9 Å². The summed E-state index contributed by atoms with van der Waals surface area (Å²) in [5, 5.41) is 2.02. The van der Waals surface area contributed by atoms with E-state index in [0.717, 1.165) is 53.0 Å². The van der Waals surface area contributed by atoms with Crippen LogP contribution in [0, 0.1) is 6.92 Å². The van der Waals surface area contributed by atoms with Crippen LogP contribution >= 0.6 is 11.8 Å². The highest BCUT2D eigenvalue weighted by Gasteiger charge is 2.45. The van der Waals surface area contributed by atoms with E-state index in [1.54, 1.807) is 6.92 Å². The molecule has 1 unspecified atom stereocenters. The Labute approximate surface area is 216 Å². The van der Waals surface area contributed by atoms with E-state index in [2.05, 4.69) is 19.2 Å². The summed E-state index contributed by atoms with van der Waals surface area (Å²) in [5.74, 6) is 2.82. The van der Waals surface area contributed by atoms with Gasteiger partial charge in [0.05, 0.1) is 13.2 Å². The third-order valence-electron chi connectivity index (χ3n) is 5.95. The largest absolute Gasteiger partial charge is 0.493 e. The Kier molecular flexibility index (Phi) is 8.21. The van der Waals surface area contributed by atoms with Crippen LogP contribution in [0.25, 0.3) is 0 Å². The van der Waals surface area contributed by atoms with E-state index in [1.807, 2.05) is 66.7 Å². The first-order chi connectivity index (χ1) is 17.4. The number of ether oxygens (including phenoxy) is 3. The minimum absolute atomic E-state index is 0.304. The fourth-order valence-corrected chi connectivity index (χ4v) is 4.84. The summed E-state index contributed by atoms with van der Waals surface area (Å²) in [6, 6.07) is 21.3. The molecule has 3 aromatic carbocycles. The molecule has 1 atom stereocenters. The minimum atomic E-state index is -0.940. The Bertz CT molecular complexity index is 1230. The number of thioether (sulfide) groups is 1. The molecule has 1 N–H and O–H groups in total. The molecule has 6 nitrogen and oxygen atoms in total. The predicted molar refractivity (Wildman–Crippen MR) is 142 cm³/mol. The lowest BCUT2D eigenvalue weighted by molar-refractivity contribution is -0.121. The number of hydrogen-bond acceptors (Lipinski definition) is 6. The number of carbonyl (C=O) groups excluding carboxylic acids is 2. The first-order valence-corrected chi connectivity index (χ1v) is 13.0. The van der Waals surface area contributed by atoms with Crippen LogP contribution in [-0.4, -0.2) is 24.4 Å². The maximum atomic E-state index is 12.2. The molecular formula is C29H31NO5S. The molecule has 1 aliphatic heterocycles. The molecule has 0 aromatic heterocycles. The van der Waals surface area contributed by atoms with E-state index in [4.69, 9.17) is 14.2 Å². The van der Waals surface area contributed by atoms with E-state index >= 15 is 0 Å². The number of aryl methyl sites for hydroxylation is 2. The van der Waals surface area contributed by atoms with E-state index in [0.29, 0.717) is 25.4 Å². The molecule has 1 saturated heterocycles. The molecule has 0 saturated carbocycles. The normalized spacial score (nSPS) is 17.1. The van der Waals surface area contributed by atoms with Gasteiger partial charge in [-0.25, -0.2) is 0 Å². The molecule has 7 heteroatoms. The van der Waals surface area contributed by atoms with Crippen LogP contribution in [0.1, 0.15) is 43.4 Å². The summed E-state index contributed by atoms with van der Waals surface area (Å²) in [5.41, 5.74) is 3.05. The Balaban J connectivity index is 1.30. The van der Waals surface area contributed by atoms with Crippen LogP contribution < -0.4 is 19.5 Å². The lowest BCUT2D eigenvalue weighted by atomic mass is 9.99. The highest BCUT2D eigenvalue weighted by atomic mass is 32.2. The maximum absolute atomic E-state index is 12.2. The number of carbonyl (C=O) groups is 2. The van der Waals surface area contributed by atoms with Gasteiger partial charge in [-0.2, -0.15) is 0 Å². The maximum Gasteiger partial charge on any atom is 0.287 e. The van der Waals surface area contributed by atoms with Crippen molar-refractivity contribution in [3.05, 3.63) is 83.4 Å². The zero-order valence-electron chi connectivity index (χ0n) is 20.8. The molecule has 3 aromatic rings. The molecule has 0 aliphatic carbocycles. The van der Waals surface area contributed by atoms with Crippen LogP contribution in [0.3, 0.4) is 0 Å². The smallest absolute Gasteiger partial charge is 0.287 e. The topological polar surface area (TPSA) is 73.9 Å². The lowest BCUT2D eigenvalue weighted by Gasteiger charge is -2.19. The summed E-state index contributed by atoms with van der Waals surface area (Å²) < 4.78 is 17.0. The summed E-state index contributed by atoms with van der Waals surface area (Å²) >= 11 is 0.990. The molecule has 36 heavy (non-hydrogen) atoms. The van der Waals surface area contributed by atoms with Gasteiger partial charge in [0, 0.05) is 6.42 Å². The van der Waals surface area contributed by atoms with E-state index in [-0.39, 0.29) is 11.1 Å². The SMILES string of the molecule is CCCc1cc(Oc2ccc(C)cc2)ccc1OCCCOc1cccc(C2(C)SC(=O)NC2=O)c1. The van der Waals surface area contributed by atoms with Gasteiger partial charge in [0.25, 0.3) is 5.24 Å². The first kappa shape index (κ1) is 25.6. The van der Waals surface area contributed by atoms with Gasteiger partial charge in [-0.3, -0.25) is 14.9 Å². The van der Waals surface area contributed by atoms with E-state index in [9.17, 15) is 9.59 Å². The number of imide groups is 1. The third-order valence-corrected chi connectivity index (χ3v) is 7.07. The molecule has 1 aliphatic rings. The van der Waals surface area contributed by atoms with Crippen LogP contribution in [0.15, 0.2) is 66.7 Å². The second-order valence-electron chi connectivity index (χ2n) is 8.89. The van der Waals surface area contributed by atoms with Crippen LogP contribution in [0.2, 0.25) is 0 Å². The highest BCUT2D eigenvalue weighted by molar-refractivity contribution is 8.15. The van der Waals surface area contributed by atoms with Gasteiger partial charge in [-0.05, 0) is 85.6 Å². The number of amides is 2. The highest BCUT2D eigenvalue weighted by Crippen LogP contribution is 2.41. The molecule has 188 valence electrons. The summed E-state index contributed by atoms with van der Waals surface area (Å²) in [6.45, 7) is 6.92. The standard InChI is InChI=1S/C29H31NO5S/c1-4-7-21-18-25(35-23-12-10-20(2)11-13-23)14-15-26(21)34-17-6-16-33-24-9-5-8-22(19-24)29(3)27(31)30-28(32)36-29/h5,8-15,18-19H,4,6-7,16-17H2,1-3H3,(H,30,31,32). The fourth-order valence-electron chi connectivity index (χ4n) is 3.94. The number of rotatable bonds is 11. The van der Waals surface area contributed by atoms with Crippen molar-refractivity contribution in [3.63, 3.8) is 0 Å². The van der Waals surface area contributed by atoms with Crippen LogP contribution in [0.5, 0.6) is 23.0 Å². The summed E-state index contributed by atoms with van der Waals surface area (Å²) in [6.07, 6.45) is 2.60. The molecule has 0 radical (unpaired) electrons. The van der Waals surface area contributed by atoms with Crippen molar-refractivity contribution in [2.75, 3.05) is 13.2 Å². The van der Waals surface area contributed by atoms with Gasteiger partial charge in [-0.15, -0.1) is 0 Å². The molecule has 1 fully saturated rings. The third kappa shape index (κ3) is 6.21. The molecular weight excluding hydrogens is 474 g/mol. The molecule has 2 amide bonds. The second-order valence-corrected chi connectivity index (χ2v) is 10.3. The lowest BCUT2D eigenvalue weighted by Crippen LogP contribution is -2.31. The second kappa shape index (κ2) is 11.5. The van der Waals surface area contributed by atoms with Gasteiger partial charge in [0.1, 0.15) is 27.7 Å². The van der Waals surface area contributed by atoms with Gasteiger partial charge in [0.2, 0.25) is 5.91 Å². The average Bonchev–Trinajstić information content (AvgIpc) is 3.14. The molecule has 0 spiro atoms. The molecule has 0 bridgehead atoms. The Morgan fingerprint density at radius 3 is 2.36 bits per heavy atom. The number of nitrogens with one attached hydrogen (secondary N) is 1. The van der Waals surface area contributed by atoms with Crippen LogP contribution in [0.4, 0.5) is 4.79 Å². The van der Waals surface area contributed by atoms with Crippen LogP contribution in [-0.2, 0) is 16.0 Å². The zero-order chi connectivity index (χ0) is 25.5. The summed E-state index contributed by atoms with van der Waals surface area (Å²) in [4.78, 5) is 23.9. The van der Waals surface area contributed by atoms with Crippen molar-refractivity contribution in [1.82, 2.24) is 5.32 Å². The Morgan fingerprint density at radius 2 is 1.64 bits per heavy atom.